The molecule has 2 bridgehead atoms. The first-order chi connectivity index (χ1) is 9.38. The van der Waals surface area contributed by atoms with E-state index < -0.39 is 0 Å². The Labute approximate surface area is 121 Å². The molecule has 0 heterocycles. The van der Waals surface area contributed by atoms with Crippen molar-refractivity contribution in [3.8, 4) is 5.75 Å². The van der Waals surface area contributed by atoms with Crippen LogP contribution in [-0.4, -0.2) is 13.2 Å². The fraction of sp³-hybridized carbons (Fsp3) is 0.647. The van der Waals surface area contributed by atoms with Gasteiger partial charge in [0.1, 0.15) is 5.75 Å². The molecule has 3 rings (SSSR count). The van der Waals surface area contributed by atoms with E-state index in [1.54, 1.807) is 7.11 Å². The van der Waals surface area contributed by atoms with Crippen molar-refractivity contribution in [3.63, 3.8) is 0 Å². The number of benzene rings is 1. The van der Waals surface area contributed by atoms with E-state index in [0.29, 0.717) is 16.9 Å². The summed E-state index contributed by atoms with van der Waals surface area (Å²) in [5.74, 6) is 1.58. The molecule has 0 spiro atoms. The second kappa shape index (κ2) is 4.31. The van der Waals surface area contributed by atoms with Crippen molar-refractivity contribution in [2.45, 2.75) is 46.1 Å². The van der Waals surface area contributed by atoms with Crippen LogP contribution in [0.25, 0.3) is 0 Å². The van der Waals surface area contributed by atoms with Crippen LogP contribution < -0.4 is 15.8 Å². The number of nitrogens with two attached hydrogens (primary N) is 1. The van der Waals surface area contributed by atoms with Crippen LogP contribution in [0, 0.1) is 16.7 Å². The van der Waals surface area contributed by atoms with Crippen LogP contribution in [0.1, 0.15) is 40.0 Å². The maximum Gasteiger partial charge on any atom is 0.143 e. The molecule has 1 aromatic rings. The van der Waals surface area contributed by atoms with Crippen LogP contribution in [-0.2, 0) is 0 Å². The van der Waals surface area contributed by atoms with Crippen LogP contribution in [0.5, 0.6) is 5.75 Å². The van der Waals surface area contributed by atoms with Gasteiger partial charge in [0.05, 0.1) is 18.5 Å². The summed E-state index contributed by atoms with van der Waals surface area (Å²) >= 11 is 0. The smallest absolute Gasteiger partial charge is 0.143 e. The minimum Gasteiger partial charge on any atom is -0.495 e. The minimum atomic E-state index is 0.322. The normalized spacial score (nSPS) is 34.2. The highest BCUT2D eigenvalue weighted by Gasteiger charge is 2.59. The highest BCUT2D eigenvalue weighted by Crippen LogP contribution is 2.63. The van der Waals surface area contributed by atoms with Gasteiger partial charge in [-0.15, -0.1) is 0 Å². The molecule has 0 amide bonds. The molecule has 0 aliphatic heterocycles. The highest BCUT2D eigenvalue weighted by molar-refractivity contribution is 5.73. The number of hydrogen-bond acceptors (Lipinski definition) is 3. The first-order valence-corrected chi connectivity index (χ1v) is 7.57. The first kappa shape index (κ1) is 13.6. The number of methoxy groups -OCH3 is 1. The number of ether oxygens (including phenoxy) is 1. The quantitative estimate of drug-likeness (QED) is 0.822. The van der Waals surface area contributed by atoms with E-state index >= 15 is 0 Å². The van der Waals surface area contributed by atoms with Gasteiger partial charge < -0.3 is 15.8 Å². The van der Waals surface area contributed by atoms with Crippen LogP contribution in [0.2, 0.25) is 0 Å². The Balaban J connectivity index is 1.92. The summed E-state index contributed by atoms with van der Waals surface area (Å²) in [5, 5.41) is 3.74. The SMILES string of the molecule is COc1cccc(NC2C3(C)CCC(C3)C2(C)C)c1N. The van der Waals surface area contributed by atoms with E-state index in [2.05, 4.69) is 32.2 Å². The van der Waals surface area contributed by atoms with Gasteiger partial charge in [-0.25, -0.2) is 0 Å². The number of nitrogen functional groups attached to an aromatic ring is 1. The Morgan fingerprint density at radius 3 is 2.65 bits per heavy atom. The Hall–Kier alpha value is -1.38. The van der Waals surface area contributed by atoms with Gasteiger partial charge >= 0.3 is 0 Å². The summed E-state index contributed by atoms with van der Waals surface area (Å²) in [6.45, 7) is 7.22. The summed E-state index contributed by atoms with van der Waals surface area (Å²) in [7, 11) is 1.66. The maximum absolute atomic E-state index is 6.21. The van der Waals surface area contributed by atoms with Gasteiger partial charge in [0.15, 0.2) is 0 Å². The molecule has 2 aliphatic rings. The largest absolute Gasteiger partial charge is 0.495 e. The van der Waals surface area contributed by atoms with E-state index in [1.165, 1.54) is 19.3 Å². The summed E-state index contributed by atoms with van der Waals surface area (Å²) in [4.78, 5) is 0. The zero-order chi connectivity index (χ0) is 14.5. The molecule has 3 unspecified atom stereocenters. The van der Waals surface area contributed by atoms with Crippen molar-refractivity contribution in [2.75, 3.05) is 18.2 Å². The third kappa shape index (κ3) is 1.79. The average molecular weight is 274 g/mol. The summed E-state index contributed by atoms with van der Waals surface area (Å²) in [6.07, 6.45) is 4.03. The number of rotatable bonds is 3. The van der Waals surface area contributed by atoms with E-state index in [-0.39, 0.29) is 0 Å². The molecular formula is C17H26N2O. The van der Waals surface area contributed by atoms with Crippen LogP contribution >= 0.6 is 0 Å². The molecule has 3 atom stereocenters. The third-order valence-electron chi connectivity index (χ3n) is 5.86. The Bertz CT molecular complexity index is 521. The van der Waals surface area contributed by atoms with E-state index in [0.717, 1.165) is 23.0 Å². The molecule has 110 valence electrons. The van der Waals surface area contributed by atoms with Crippen molar-refractivity contribution in [1.82, 2.24) is 0 Å². The van der Waals surface area contributed by atoms with Crippen LogP contribution in [0.3, 0.4) is 0 Å². The van der Waals surface area contributed by atoms with Gasteiger partial charge in [0, 0.05) is 6.04 Å². The molecule has 3 heteroatoms. The molecule has 1 aromatic carbocycles. The van der Waals surface area contributed by atoms with Crippen molar-refractivity contribution < 1.29 is 4.74 Å². The topological polar surface area (TPSA) is 47.3 Å². The molecule has 0 radical (unpaired) electrons. The lowest BCUT2D eigenvalue weighted by Gasteiger charge is -2.43. The molecule has 3 N–H and O–H groups in total. The standard InChI is InChI=1S/C17H26N2O/c1-16(2)11-8-9-17(3,10-11)15(16)19-12-6-5-7-13(20-4)14(12)18/h5-7,11,15,19H,8-10,18H2,1-4H3. The zero-order valence-electron chi connectivity index (χ0n) is 13.0. The highest BCUT2D eigenvalue weighted by atomic mass is 16.5. The van der Waals surface area contributed by atoms with Crippen molar-refractivity contribution >= 4 is 11.4 Å². The zero-order valence-corrected chi connectivity index (χ0v) is 13.0. The number of fused-ring (bicyclic) bond motifs is 2. The summed E-state index contributed by atoms with van der Waals surface area (Å²) in [6, 6.07) is 6.44. The molecule has 0 aromatic heterocycles. The maximum atomic E-state index is 6.21. The van der Waals surface area contributed by atoms with Gasteiger partial charge in [-0.3, -0.25) is 0 Å². The number of para-hydroxylation sites is 1. The molecule has 0 saturated heterocycles. The van der Waals surface area contributed by atoms with Crippen molar-refractivity contribution in [3.05, 3.63) is 18.2 Å². The van der Waals surface area contributed by atoms with E-state index in [9.17, 15) is 0 Å². The van der Waals surface area contributed by atoms with Crippen molar-refractivity contribution in [2.24, 2.45) is 16.7 Å². The minimum absolute atomic E-state index is 0.322. The van der Waals surface area contributed by atoms with Gasteiger partial charge in [-0.2, -0.15) is 0 Å². The van der Waals surface area contributed by atoms with Gasteiger partial charge in [-0.1, -0.05) is 26.8 Å². The monoisotopic (exact) mass is 274 g/mol. The molecule has 20 heavy (non-hydrogen) atoms. The lowest BCUT2D eigenvalue weighted by atomic mass is 9.68. The Morgan fingerprint density at radius 1 is 1.30 bits per heavy atom. The second-order valence-corrected chi connectivity index (χ2v) is 7.41. The lowest BCUT2D eigenvalue weighted by Crippen LogP contribution is -2.45. The van der Waals surface area contributed by atoms with E-state index in [4.69, 9.17) is 10.5 Å². The summed E-state index contributed by atoms with van der Waals surface area (Å²) in [5.41, 5.74) is 8.66. The van der Waals surface area contributed by atoms with Crippen molar-refractivity contribution in [1.29, 1.82) is 0 Å². The summed E-state index contributed by atoms with van der Waals surface area (Å²) < 4.78 is 5.32. The molecule has 3 nitrogen and oxygen atoms in total. The molecule has 2 saturated carbocycles. The number of hydrogen-bond donors (Lipinski definition) is 2. The number of nitrogens with one attached hydrogen (secondary N) is 1. The Kier molecular flexibility index (Phi) is 2.93. The number of anilines is 2. The lowest BCUT2D eigenvalue weighted by molar-refractivity contribution is 0.155. The Morgan fingerprint density at radius 2 is 2.05 bits per heavy atom. The fourth-order valence-corrected chi connectivity index (χ4v) is 4.67. The van der Waals surface area contributed by atoms with Gasteiger partial charge in [0.2, 0.25) is 0 Å². The fourth-order valence-electron chi connectivity index (χ4n) is 4.67. The third-order valence-corrected chi connectivity index (χ3v) is 5.86. The molecular weight excluding hydrogens is 248 g/mol. The molecule has 2 aliphatic carbocycles. The first-order valence-electron chi connectivity index (χ1n) is 7.57. The second-order valence-electron chi connectivity index (χ2n) is 7.41. The van der Waals surface area contributed by atoms with Gasteiger partial charge in [0.25, 0.3) is 0 Å². The van der Waals surface area contributed by atoms with Crippen LogP contribution in [0.15, 0.2) is 18.2 Å². The molecule has 2 fully saturated rings. The van der Waals surface area contributed by atoms with E-state index in [1.807, 2.05) is 12.1 Å². The van der Waals surface area contributed by atoms with Crippen LogP contribution in [0.4, 0.5) is 11.4 Å². The average Bonchev–Trinajstić information content (AvgIpc) is 2.87. The predicted molar refractivity (Wildman–Crippen MR) is 84.0 cm³/mol. The van der Waals surface area contributed by atoms with Gasteiger partial charge in [-0.05, 0) is 48.1 Å². The predicted octanol–water partition coefficient (Wildman–Crippen LogP) is 3.90.